The van der Waals surface area contributed by atoms with Crippen molar-refractivity contribution in [3.63, 3.8) is 0 Å². The molecule has 596 valence electrons. The molecule has 7 aliphatic heterocycles. The van der Waals surface area contributed by atoms with Crippen LogP contribution in [0.15, 0.2) is 217 Å². The van der Waals surface area contributed by atoms with Gasteiger partial charge in [-0.15, -0.1) is 0 Å². The van der Waals surface area contributed by atoms with Crippen LogP contribution in [0, 0.1) is 13.8 Å². The molecule has 7 aliphatic rings. The van der Waals surface area contributed by atoms with Gasteiger partial charge in [0.1, 0.15) is 78.4 Å². The molecular weight excluding hydrogens is 1760 g/mol. The number of aromatic nitrogens is 4. The van der Waals surface area contributed by atoms with Gasteiger partial charge in [0.05, 0.1) is 56.4 Å². The van der Waals surface area contributed by atoms with E-state index in [0.717, 1.165) is 76.2 Å². The van der Waals surface area contributed by atoms with Crippen LogP contribution in [-0.2, 0) is 77.3 Å². The lowest BCUT2D eigenvalue weighted by Gasteiger charge is -2.28. The first-order valence-electron chi connectivity index (χ1n) is 37.4. The number of amides is 1. The number of likely N-dealkylation sites (tertiary alicyclic amines) is 2. The Balaban J connectivity index is 0.000000232. The quantitative estimate of drug-likeness (QED) is 0.0555. The Kier molecular flexibility index (Phi) is 40.5. The molecule has 2 saturated heterocycles. The predicted octanol–water partition coefficient (Wildman–Crippen LogP) is -6.77. The van der Waals surface area contributed by atoms with Crippen LogP contribution < -0.4 is 95.2 Å². The van der Waals surface area contributed by atoms with Crippen LogP contribution in [0.2, 0.25) is 0 Å². The van der Waals surface area contributed by atoms with Crippen molar-refractivity contribution in [1.82, 2.24) is 19.0 Å². The number of halogens is 5. The first-order chi connectivity index (χ1) is 51.1. The minimum atomic E-state index is -4.27. The highest BCUT2D eigenvalue weighted by Crippen LogP contribution is 2.19. The number of quaternary nitrogens is 1. The second-order valence-corrected chi connectivity index (χ2v) is 31.4. The average Bonchev–Trinajstić information content (AvgIpc) is 1.77. The van der Waals surface area contributed by atoms with Gasteiger partial charge in [0.2, 0.25) is 12.9 Å². The summed E-state index contributed by atoms with van der Waals surface area (Å²) < 4.78 is 81.8. The van der Waals surface area contributed by atoms with Crippen LogP contribution in [0.5, 0.6) is 0 Å². The summed E-state index contributed by atoms with van der Waals surface area (Å²) in [7, 11) is -4.06. The minimum Gasteiger partial charge on any atom is -1.00 e. The van der Waals surface area contributed by atoms with E-state index in [0.29, 0.717) is 6.54 Å². The fraction of sp³-hybridized carbons (Fsp3) is 0.365. The molecule has 19 nitrogen and oxygen atoms in total. The van der Waals surface area contributed by atoms with Crippen molar-refractivity contribution < 1.29 is 148 Å². The van der Waals surface area contributed by atoms with Gasteiger partial charge in [-0.25, -0.2) is 53.8 Å². The van der Waals surface area contributed by atoms with Crippen LogP contribution in [0.3, 0.4) is 0 Å². The van der Waals surface area contributed by atoms with Gasteiger partial charge < -0.3 is 109 Å². The average molecular weight is 1870 g/mol. The van der Waals surface area contributed by atoms with E-state index >= 15 is 0 Å². The van der Waals surface area contributed by atoms with E-state index in [2.05, 4.69) is 209 Å². The highest BCUT2D eigenvalue weighted by Gasteiger charge is 2.29. The summed E-state index contributed by atoms with van der Waals surface area (Å²) in [6.07, 6.45) is 34.6. The number of nitrogens with zero attached hydrogens (tertiary/aromatic N) is 11. The zero-order valence-corrected chi connectivity index (χ0v) is 73.7. The van der Waals surface area contributed by atoms with Crippen molar-refractivity contribution in [3.8, 4) is 0 Å². The van der Waals surface area contributed by atoms with Crippen molar-refractivity contribution in [2.24, 2.45) is 12.8 Å². The van der Waals surface area contributed by atoms with Gasteiger partial charge in [-0.1, -0.05) is 126 Å². The van der Waals surface area contributed by atoms with E-state index in [9.17, 15) is 30.7 Å². The molecule has 0 aliphatic carbocycles. The number of likely N-dealkylation sites (N-methyl/N-ethyl adjacent to an activating group) is 1. The Morgan fingerprint density at radius 1 is 0.459 bits per heavy atom. The van der Waals surface area contributed by atoms with E-state index in [1.807, 2.05) is 55.5 Å². The smallest absolute Gasteiger partial charge is 0.282 e. The summed E-state index contributed by atoms with van der Waals surface area (Å²) in [5.74, 6) is -0.277. The van der Waals surface area contributed by atoms with Gasteiger partial charge in [0.15, 0.2) is 57.3 Å². The lowest BCUT2D eigenvalue weighted by molar-refractivity contribution is -0.904. The highest BCUT2D eigenvalue weighted by atomic mass is 79.9. The number of carbonyl (C=O) groups is 1. The van der Waals surface area contributed by atoms with Crippen LogP contribution in [0.25, 0.3) is 0 Å². The number of nitrogens with two attached hydrogens (primary N) is 1. The standard InChI is InChI=1S/C16H24N2.C15H19N3.C15H21N2.C14H16N3.C11H12N2O.2C7H8O3S.5BrH/c1-18(11-4-5-12-18)13-10-17-9-8-15-6-2-3-7-16(15)14-17;1-16-8-9-18(13-16)11-10-17-7-6-14-4-2-3-5-15(14)12-17;1-2-6-15-13-17(10-7-14(15)5-1)12-11-16-8-3-4-9-16;1-2-4-14-11-16(7-5-13(14)3-1)9-10-17-8-6-15-12-17;12-11(14)8-13-6-5-9-3-1-2-4-10(9)7-13;2*1-6-2-4-7(5-3-6)11(8,9)10;;;;;/h2-3,6-7,14H,4-5,8-13H2,1H3;2-5,8-9,12-13H,6-7,10-11H2,1H3;1-2,5-6,13H,3-4,7-12H2;1-4,6,8,11-12H,5,7,9-10H2;1-4,7H,5-6,8H2,(H-,12,14);2*2-5H,1H3,(H,8,9,10);5*1H/q2*+2;2*+1;;;;;;;;/p-6. The number of imidazole rings is 2. The minimum absolute atomic E-state index is 0. The zero-order valence-electron chi connectivity index (χ0n) is 64.2. The molecular formula is C85H107Br5N12O7S2. The van der Waals surface area contributed by atoms with Crippen molar-refractivity contribution in [1.29, 1.82) is 0 Å². The number of aryl methyl sites for hydroxylation is 3. The number of primary amides is 1. The lowest BCUT2D eigenvalue weighted by atomic mass is 10.0. The molecule has 16 rings (SSSR count). The number of hydrogen-bond acceptors (Lipinski definition) is 9. The lowest BCUT2D eigenvalue weighted by Crippen LogP contribution is -3.00. The molecule has 0 spiro atoms. The van der Waals surface area contributed by atoms with E-state index in [-0.39, 0.29) is 101 Å². The Hall–Kier alpha value is -7.08. The maximum absolute atomic E-state index is 10.7. The summed E-state index contributed by atoms with van der Waals surface area (Å²) in [5, 5.41) is 0. The van der Waals surface area contributed by atoms with Gasteiger partial charge in [-0.3, -0.25) is 9.69 Å². The maximum atomic E-state index is 10.7. The Labute approximate surface area is 710 Å². The fourth-order valence-electron chi connectivity index (χ4n) is 14.0. The van der Waals surface area contributed by atoms with E-state index < -0.39 is 20.2 Å². The van der Waals surface area contributed by atoms with Crippen LogP contribution in [-0.4, -0.2) is 221 Å². The third-order valence-corrected chi connectivity index (χ3v) is 22.1. The predicted molar refractivity (Wildman–Crippen MR) is 418 cm³/mol. The molecule has 0 saturated carbocycles. The van der Waals surface area contributed by atoms with E-state index in [1.165, 1.54) is 188 Å². The number of fused-ring (bicyclic) bond motifs is 5. The first kappa shape index (κ1) is 94.5. The molecule has 7 aromatic carbocycles. The molecule has 26 heteroatoms. The molecule has 111 heavy (non-hydrogen) atoms. The molecule has 9 heterocycles. The van der Waals surface area contributed by atoms with Gasteiger partial charge in [-0.05, 0) is 122 Å². The number of benzene rings is 7. The second-order valence-electron chi connectivity index (χ2n) is 28.7. The molecule has 0 radical (unpaired) electrons. The van der Waals surface area contributed by atoms with E-state index in [4.69, 9.17) is 5.73 Å². The summed E-state index contributed by atoms with van der Waals surface area (Å²) in [6, 6.07) is 54.7. The SMILES string of the molecule is C1=[N+](CCN2CCCC2)CCc2ccccc21.C1=[N+](CCn2ccnc2)CCc2ccccc21.C[N+]1(CC[N+]2=Cc3ccccc3CC2)CCCC1.C[n+]1ccn(CC[N+]2=Cc3ccccc3CC2)c1.Cc1ccc(S(=O)(=O)[O-])cc1.Cc1ccc(S(=O)(=O)[O-])cc1.NC(=O)C[N+]1=Cc2ccccc2CC1.[Br-].[Br-].[Br-].[Br-].[Br-]. The van der Waals surface area contributed by atoms with Crippen molar-refractivity contribution in [2.75, 3.05) is 112 Å². The summed E-state index contributed by atoms with van der Waals surface area (Å²) in [6.45, 7) is 23.9. The van der Waals surface area contributed by atoms with Crippen LogP contribution in [0.1, 0.15) is 92.4 Å². The number of hydrogen-bond donors (Lipinski definition) is 1. The molecule has 2 N–H and O–H groups in total. The molecule has 9 aromatic rings. The Morgan fingerprint density at radius 2 is 0.802 bits per heavy atom. The maximum Gasteiger partial charge on any atom is 0.282 e. The molecule has 0 atom stereocenters. The second kappa shape index (κ2) is 47.6. The topological polar surface area (TPSA) is 202 Å². The molecule has 2 fully saturated rings. The number of carbonyl (C=O) groups excluding carboxylic acids is 1. The third-order valence-electron chi connectivity index (χ3n) is 20.4. The highest BCUT2D eigenvalue weighted by molar-refractivity contribution is 7.86. The fourth-order valence-corrected chi connectivity index (χ4v) is 15.0. The van der Waals surface area contributed by atoms with Gasteiger partial charge in [0, 0.05) is 85.2 Å². The normalized spacial score (nSPS) is 15.1. The zero-order chi connectivity index (χ0) is 74.7. The Morgan fingerprint density at radius 3 is 1.14 bits per heavy atom. The van der Waals surface area contributed by atoms with E-state index in [1.54, 1.807) is 24.3 Å². The van der Waals surface area contributed by atoms with Gasteiger partial charge in [0.25, 0.3) is 5.91 Å². The van der Waals surface area contributed by atoms with Crippen molar-refractivity contribution in [2.45, 2.75) is 94.5 Å². The van der Waals surface area contributed by atoms with Crippen LogP contribution >= 0.6 is 0 Å². The summed E-state index contributed by atoms with van der Waals surface area (Å²) >= 11 is 0. The van der Waals surface area contributed by atoms with Crippen molar-refractivity contribution >= 4 is 57.2 Å². The largest absolute Gasteiger partial charge is 1.00 e. The van der Waals surface area contributed by atoms with Crippen LogP contribution in [0.4, 0.5) is 0 Å². The third kappa shape index (κ3) is 31.7. The van der Waals surface area contributed by atoms with Crippen molar-refractivity contribution in [3.05, 3.63) is 274 Å². The Bertz CT molecular complexity index is 4700. The first-order valence-corrected chi connectivity index (χ1v) is 40.2. The number of rotatable bonds is 16. The van der Waals surface area contributed by atoms with Gasteiger partial charge in [-0.2, -0.15) is 0 Å². The van der Waals surface area contributed by atoms with Gasteiger partial charge >= 0.3 is 0 Å². The monoisotopic (exact) mass is 1870 g/mol. The molecule has 2 aromatic heterocycles. The summed E-state index contributed by atoms with van der Waals surface area (Å²) in [4.78, 5) is 17.0. The molecule has 0 unspecified atom stereocenters. The molecule has 1 amide bonds. The summed E-state index contributed by atoms with van der Waals surface area (Å²) in [5.41, 5.74) is 21.1. The molecule has 0 bridgehead atoms.